The van der Waals surface area contributed by atoms with E-state index >= 15 is 0 Å². The van der Waals surface area contributed by atoms with Crippen molar-refractivity contribution in [2.75, 3.05) is 13.6 Å². The van der Waals surface area contributed by atoms with Crippen molar-refractivity contribution in [3.05, 3.63) is 35.9 Å². The molecule has 1 aromatic carbocycles. The highest BCUT2D eigenvalue weighted by Gasteiger charge is 2.29. The van der Waals surface area contributed by atoms with Gasteiger partial charge in [0.15, 0.2) is 0 Å². The Morgan fingerprint density at radius 1 is 1.26 bits per heavy atom. The molecule has 1 atom stereocenters. The van der Waals surface area contributed by atoms with Crippen molar-refractivity contribution < 1.29 is 4.79 Å². The molecule has 0 heterocycles. The molecule has 3 heteroatoms. The summed E-state index contributed by atoms with van der Waals surface area (Å²) in [5, 5.41) is 0. The number of carbonyl (C=O) groups is 1. The lowest BCUT2D eigenvalue weighted by atomic mass is 9.86. The molecule has 1 aromatic rings. The number of aryl methyl sites for hydroxylation is 1. The zero-order valence-corrected chi connectivity index (χ0v) is 12.5. The van der Waals surface area contributed by atoms with Crippen LogP contribution < -0.4 is 5.73 Å². The lowest BCUT2D eigenvalue weighted by Gasteiger charge is -2.30. The van der Waals surface area contributed by atoms with Crippen molar-refractivity contribution in [3.63, 3.8) is 0 Å². The van der Waals surface area contributed by atoms with E-state index < -0.39 is 6.04 Å². The van der Waals surface area contributed by atoms with Crippen molar-refractivity contribution in [1.82, 2.24) is 4.90 Å². The number of amides is 1. The fourth-order valence-electron chi connectivity index (χ4n) is 1.88. The van der Waals surface area contributed by atoms with Crippen molar-refractivity contribution in [1.29, 1.82) is 0 Å². The van der Waals surface area contributed by atoms with E-state index in [-0.39, 0.29) is 11.3 Å². The quantitative estimate of drug-likeness (QED) is 0.886. The SMILES string of the molecule is CN(CCCc1ccccc1)C(=O)[C@H](N)C(C)(C)C. The van der Waals surface area contributed by atoms with Gasteiger partial charge in [-0.05, 0) is 23.8 Å². The normalized spacial score (nSPS) is 13.1. The molecule has 0 bridgehead atoms. The first-order chi connectivity index (χ1) is 8.82. The summed E-state index contributed by atoms with van der Waals surface area (Å²) in [7, 11) is 1.83. The number of nitrogens with zero attached hydrogens (tertiary/aromatic N) is 1. The van der Waals surface area contributed by atoms with E-state index in [0.717, 1.165) is 19.4 Å². The Balaban J connectivity index is 2.39. The highest BCUT2D eigenvalue weighted by atomic mass is 16.2. The highest BCUT2D eigenvalue weighted by molar-refractivity contribution is 5.82. The molecule has 0 aliphatic heterocycles. The zero-order chi connectivity index (χ0) is 14.5. The van der Waals surface area contributed by atoms with Crippen LogP contribution in [-0.2, 0) is 11.2 Å². The maximum Gasteiger partial charge on any atom is 0.239 e. The van der Waals surface area contributed by atoms with Crippen LogP contribution in [0.2, 0.25) is 0 Å². The molecule has 0 unspecified atom stereocenters. The minimum atomic E-state index is -0.436. The number of hydrogen-bond donors (Lipinski definition) is 1. The van der Waals surface area contributed by atoms with Crippen LogP contribution in [0.1, 0.15) is 32.8 Å². The fourth-order valence-corrected chi connectivity index (χ4v) is 1.88. The minimum absolute atomic E-state index is 0.0283. The van der Waals surface area contributed by atoms with Crippen molar-refractivity contribution >= 4 is 5.91 Å². The van der Waals surface area contributed by atoms with Crippen LogP contribution in [0.5, 0.6) is 0 Å². The van der Waals surface area contributed by atoms with Crippen LogP contribution in [0.4, 0.5) is 0 Å². The van der Waals surface area contributed by atoms with E-state index in [1.165, 1.54) is 5.56 Å². The summed E-state index contributed by atoms with van der Waals surface area (Å²) in [6.07, 6.45) is 1.95. The Morgan fingerprint density at radius 3 is 2.37 bits per heavy atom. The van der Waals surface area contributed by atoms with E-state index in [1.807, 2.05) is 46.0 Å². The molecule has 0 saturated heterocycles. The highest BCUT2D eigenvalue weighted by Crippen LogP contribution is 2.18. The smallest absolute Gasteiger partial charge is 0.239 e. The first kappa shape index (κ1) is 15.7. The standard InChI is InChI=1S/C16H26N2O/c1-16(2,3)14(17)15(19)18(4)12-8-11-13-9-6-5-7-10-13/h5-7,9-10,14H,8,11-12,17H2,1-4H3/t14-/m0/s1. The Hall–Kier alpha value is -1.35. The third-order valence-corrected chi connectivity index (χ3v) is 3.38. The number of likely N-dealkylation sites (N-methyl/N-ethyl adjacent to an activating group) is 1. The van der Waals surface area contributed by atoms with Gasteiger partial charge in [0.05, 0.1) is 6.04 Å². The molecule has 106 valence electrons. The first-order valence-corrected chi connectivity index (χ1v) is 6.87. The van der Waals surface area contributed by atoms with Gasteiger partial charge in [0.25, 0.3) is 0 Å². The lowest BCUT2D eigenvalue weighted by Crippen LogP contribution is -2.49. The summed E-state index contributed by atoms with van der Waals surface area (Å²) in [6.45, 7) is 6.73. The van der Waals surface area contributed by atoms with Crippen LogP contribution >= 0.6 is 0 Å². The summed E-state index contributed by atoms with van der Waals surface area (Å²) in [6, 6.07) is 9.89. The molecule has 0 aliphatic rings. The van der Waals surface area contributed by atoms with Crippen LogP contribution in [0.25, 0.3) is 0 Å². The molecule has 0 radical (unpaired) electrons. The maximum absolute atomic E-state index is 12.1. The number of nitrogens with two attached hydrogens (primary N) is 1. The van der Waals surface area contributed by atoms with Gasteiger partial charge in [-0.1, -0.05) is 51.1 Å². The van der Waals surface area contributed by atoms with Gasteiger partial charge in [0.2, 0.25) is 5.91 Å². The maximum atomic E-state index is 12.1. The summed E-state index contributed by atoms with van der Waals surface area (Å²) < 4.78 is 0. The fraction of sp³-hybridized carbons (Fsp3) is 0.562. The summed E-state index contributed by atoms with van der Waals surface area (Å²) >= 11 is 0. The van der Waals surface area contributed by atoms with Gasteiger partial charge >= 0.3 is 0 Å². The van der Waals surface area contributed by atoms with Gasteiger partial charge < -0.3 is 10.6 Å². The second-order valence-electron chi connectivity index (χ2n) is 6.19. The molecule has 0 fully saturated rings. The van der Waals surface area contributed by atoms with Crippen molar-refractivity contribution in [3.8, 4) is 0 Å². The molecule has 0 spiro atoms. The van der Waals surface area contributed by atoms with E-state index in [9.17, 15) is 4.79 Å². The van der Waals surface area contributed by atoms with Crippen LogP contribution in [0.3, 0.4) is 0 Å². The lowest BCUT2D eigenvalue weighted by molar-refractivity contribution is -0.133. The molecule has 1 rings (SSSR count). The van der Waals surface area contributed by atoms with Crippen LogP contribution in [0.15, 0.2) is 30.3 Å². The summed E-state index contributed by atoms with van der Waals surface area (Å²) in [5.74, 6) is 0.0283. The van der Waals surface area contributed by atoms with Crippen LogP contribution in [0, 0.1) is 5.41 Å². The molecular formula is C16H26N2O. The van der Waals surface area contributed by atoms with Gasteiger partial charge in [-0.2, -0.15) is 0 Å². The van der Waals surface area contributed by atoms with E-state index in [0.29, 0.717) is 0 Å². The Kier molecular flexibility index (Phi) is 5.55. The second-order valence-corrected chi connectivity index (χ2v) is 6.19. The van der Waals surface area contributed by atoms with Gasteiger partial charge in [0.1, 0.15) is 0 Å². The number of hydrogen-bond acceptors (Lipinski definition) is 2. The third kappa shape index (κ3) is 5.03. The number of rotatable bonds is 5. The monoisotopic (exact) mass is 262 g/mol. The Bertz CT molecular complexity index is 395. The van der Waals surface area contributed by atoms with E-state index in [2.05, 4.69) is 12.1 Å². The first-order valence-electron chi connectivity index (χ1n) is 6.87. The molecule has 0 aromatic heterocycles. The third-order valence-electron chi connectivity index (χ3n) is 3.38. The van der Waals surface area contributed by atoms with Gasteiger partial charge in [-0.15, -0.1) is 0 Å². The second kappa shape index (κ2) is 6.71. The van der Waals surface area contributed by atoms with Crippen LogP contribution in [-0.4, -0.2) is 30.4 Å². The Labute approximate surface area is 116 Å². The summed E-state index contributed by atoms with van der Waals surface area (Å²) in [4.78, 5) is 13.9. The topological polar surface area (TPSA) is 46.3 Å². The molecule has 19 heavy (non-hydrogen) atoms. The van der Waals surface area contributed by atoms with E-state index in [1.54, 1.807) is 4.90 Å². The molecular weight excluding hydrogens is 236 g/mol. The average Bonchev–Trinajstić information content (AvgIpc) is 2.37. The molecule has 1 amide bonds. The molecule has 3 nitrogen and oxygen atoms in total. The zero-order valence-electron chi connectivity index (χ0n) is 12.5. The number of benzene rings is 1. The molecule has 0 saturated carbocycles. The minimum Gasteiger partial charge on any atom is -0.344 e. The van der Waals surface area contributed by atoms with Gasteiger partial charge in [-0.3, -0.25) is 4.79 Å². The predicted molar refractivity (Wildman–Crippen MR) is 79.8 cm³/mol. The molecule has 0 aliphatic carbocycles. The number of carbonyl (C=O) groups excluding carboxylic acids is 1. The van der Waals surface area contributed by atoms with Crippen molar-refractivity contribution in [2.24, 2.45) is 11.1 Å². The van der Waals surface area contributed by atoms with Crippen molar-refractivity contribution in [2.45, 2.75) is 39.7 Å². The average molecular weight is 262 g/mol. The summed E-state index contributed by atoms with van der Waals surface area (Å²) in [5.41, 5.74) is 7.11. The predicted octanol–water partition coefficient (Wildman–Crippen LogP) is 2.45. The Morgan fingerprint density at radius 2 is 1.84 bits per heavy atom. The largest absolute Gasteiger partial charge is 0.344 e. The van der Waals surface area contributed by atoms with E-state index in [4.69, 9.17) is 5.73 Å². The van der Waals surface area contributed by atoms with Gasteiger partial charge in [-0.25, -0.2) is 0 Å². The van der Waals surface area contributed by atoms with Gasteiger partial charge in [0, 0.05) is 13.6 Å². The molecule has 2 N–H and O–H groups in total.